The smallest absolute Gasteiger partial charge is 0.252 e. The molecular formula is C14H16Cl3NO. The topological polar surface area (TPSA) is 29.1 Å². The molecule has 1 aromatic carbocycles. The lowest BCUT2D eigenvalue weighted by Gasteiger charge is -2.09. The van der Waals surface area contributed by atoms with E-state index < -0.39 is 0 Å². The van der Waals surface area contributed by atoms with Crippen molar-refractivity contribution in [2.24, 2.45) is 0 Å². The van der Waals surface area contributed by atoms with Crippen LogP contribution >= 0.6 is 34.8 Å². The number of alkyl halides is 1. The van der Waals surface area contributed by atoms with E-state index >= 15 is 0 Å². The molecule has 0 spiro atoms. The van der Waals surface area contributed by atoms with Crippen molar-refractivity contribution in [1.29, 1.82) is 0 Å². The number of halogens is 3. The Bertz CT molecular complexity index is 472. The van der Waals surface area contributed by atoms with Crippen molar-refractivity contribution >= 4 is 40.7 Å². The lowest BCUT2D eigenvalue weighted by molar-refractivity contribution is 0.0954. The molecule has 1 aromatic rings. The van der Waals surface area contributed by atoms with Gasteiger partial charge in [0.25, 0.3) is 5.91 Å². The summed E-state index contributed by atoms with van der Waals surface area (Å²) in [5.74, 6) is 0.377. The van der Waals surface area contributed by atoms with Crippen LogP contribution in [0.2, 0.25) is 10.0 Å². The zero-order chi connectivity index (χ0) is 14.3. The minimum absolute atomic E-state index is 0.214. The van der Waals surface area contributed by atoms with Crippen LogP contribution < -0.4 is 5.32 Å². The molecule has 5 heteroatoms. The zero-order valence-electron chi connectivity index (χ0n) is 10.7. The van der Waals surface area contributed by atoms with Gasteiger partial charge in [-0.25, -0.2) is 0 Å². The summed E-state index contributed by atoms with van der Waals surface area (Å²) < 4.78 is 0. The van der Waals surface area contributed by atoms with E-state index in [9.17, 15) is 4.79 Å². The number of hydrogen-bond donors (Lipinski definition) is 1. The SMILES string of the molecule is C/C=C(/CCCl)CCNC(=O)c1cccc(Cl)c1Cl. The van der Waals surface area contributed by atoms with Gasteiger partial charge in [0.15, 0.2) is 0 Å². The quantitative estimate of drug-likeness (QED) is 0.598. The Morgan fingerprint density at radius 2 is 2.05 bits per heavy atom. The van der Waals surface area contributed by atoms with Crippen molar-refractivity contribution in [3.8, 4) is 0 Å². The fourth-order valence-electron chi connectivity index (χ4n) is 1.65. The second-order valence-electron chi connectivity index (χ2n) is 3.99. The molecule has 0 fully saturated rings. The summed E-state index contributed by atoms with van der Waals surface area (Å²) in [6.07, 6.45) is 3.65. The molecule has 0 aromatic heterocycles. The average Bonchev–Trinajstić information content (AvgIpc) is 2.40. The summed E-state index contributed by atoms with van der Waals surface area (Å²) in [5, 5.41) is 3.49. The highest BCUT2D eigenvalue weighted by Crippen LogP contribution is 2.25. The van der Waals surface area contributed by atoms with Gasteiger partial charge in [0.2, 0.25) is 0 Å². The maximum Gasteiger partial charge on any atom is 0.252 e. The lowest BCUT2D eigenvalue weighted by Crippen LogP contribution is -2.25. The van der Waals surface area contributed by atoms with E-state index in [1.54, 1.807) is 18.2 Å². The van der Waals surface area contributed by atoms with Gasteiger partial charge >= 0.3 is 0 Å². The van der Waals surface area contributed by atoms with Gasteiger partial charge in [-0.3, -0.25) is 4.79 Å². The third-order valence-electron chi connectivity index (χ3n) is 2.75. The summed E-state index contributed by atoms with van der Waals surface area (Å²) in [5.41, 5.74) is 1.63. The molecule has 104 valence electrons. The first kappa shape index (κ1) is 16.4. The number of carbonyl (C=O) groups excluding carboxylic acids is 1. The number of benzene rings is 1. The summed E-state index contributed by atoms with van der Waals surface area (Å²) in [4.78, 5) is 11.9. The van der Waals surface area contributed by atoms with Crippen LogP contribution in [0, 0.1) is 0 Å². The third kappa shape index (κ3) is 5.06. The van der Waals surface area contributed by atoms with Gasteiger partial charge < -0.3 is 5.32 Å². The monoisotopic (exact) mass is 319 g/mol. The predicted octanol–water partition coefficient (Wildman–Crippen LogP) is 4.69. The van der Waals surface area contributed by atoms with Crippen molar-refractivity contribution in [1.82, 2.24) is 5.32 Å². The van der Waals surface area contributed by atoms with E-state index in [2.05, 4.69) is 5.32 Å². The molecule has 0 radical (unpaired) electrons. The van der Waals surface area contributed by atoms with Gasteiger partial charge in [0.1, 0.15) is 0 Å². The number of rotatable bonds is 6. The number of allylic oxidation sites excluding steroid dienone is 1. The molecule has 1 N–H and O–H groups in total. The molecular weight excluding hydrogens is 305 g/mol. The van der Waals surface area contributed by atoms with Crippen molar-refractivity contribution < 1.29 is 4.79 Å². The Kier molecular flexibility index (Phi) is 7.29. The van der Waals surface area contributed by atoms with Crippen molar-refractivity contribution in [2.45, 2.75) is 19.8 Å². The van der Waals surface area contributed by atoms with Crippen LogP contribution in [0.25, 0.3) is 0 Å². The summed E-state index contributed by atoms with van der Waals surface area (Å²) in [7, 11) is 0. The van der Waals surface area contributed by atoms with E-state index in [4.69, 9.17) is 34.8 Å². The molecule has 1 amide bonds. The van der Waals surface area contributed by atoms with Gasteiger partial charge in [-0.2, -0.15) is 0 Å². The average molecular weight is 321 g/mol. The Balaban J connectivity index is 2.54. The van der Waals surface area contributed by atoms with E-state index in [-0.39, 0.29) is 10.9 Å². The Morgan fingerprint density at radius 3 is 2.68 bits per heavy atom. The van der Waals surface area contributed by atoms with Gasteiger partial charge in [-0.05, 0) is 31.9 Å². The highest BCUT2D eigenvalue weighted by Gasteiger charge is 2.11. The highest BCUT2D eigenvalue weighted by molar-refractivity contribution is 6.43. The number of carbonyl (C=O) groups is 1. The second kappa shape index (κ2) is 8.47. The fourth-order valence-corrected chi connectivity index (χ4v) is 2.28. The Hall–Kier alpha value is -0.700. The lowest BCUT2D eigenvalue weighted by atomic mass is 10.1. The van der Waals surface area contributed by atoms with Crippen LogP contribution in [0.5, 0.6) is 0 Å². The standard InChI is InChI=1S/C14H16Cl3NO/c1-2-10(6-8-15)7-9-18-14(19)11-4-3-5-12(16)13(11)17/h2-5H,6-9H2,1H3,(H,18,19)/b10-2-. The molecule has 0 heterocycles. The van der Waals surface area contributed by atoms with E-state index in [1.165, 1.54) is 5.57 Å². The molecule has 19 heavy (non-hydrogen) atoms. The van der Waals surface area contributed by atoms with E-state index in [0.717, 1.165) is 12.8 Å². The van der Waals surface area contributed by atoms with Crippen LogP contribution in [0.1, 0.15) is 30.1 Å². The van der Waals surface area contributed by atoms with Crippen molar-refractivity contribution in [2.75, 3.05) is 12.4 Å². The first-order valence-electron chi connectivity index (χ1n) is 6.02. The Labute approximate surface area is 128 Å². The first-order chi connectivity index (χ1) is 9.10. The molecule has 0 aliphatic carbocycles. The van der Waals surface area contributed by atoms with Crippen LogP contribution in [-0.4, -0.2) is 18.3 Å². The molecule has 0 aliphatic rings. The van der Waals surface area contributed by atoms with Gasteiger partial charge in [-0.1, -0.05) is 40.9 Å². The van der Waals surface area contributed by atoms with Gasteiger partial charge in [0, 0.05) is 12.4 Å². The number of nitrogens with one attached hydrogen (secondary N) is 1. The summed E-state index contributed by atoms with van der Waals surface area (Å²) in [6.45, 7) is 2.52. The summed E-state index contributed by atoms with van der Waals surface area (Å²) in [6, 6.07) is 5.01. The van der Waals surface area contributed by atoms with E-state index in [1.807, 2.05) is 13.0 Å². The highest BCUT2D eigenvalue weighted by atomic mass is 35.5. The molecule has 0 bridgehead atoms. The van der Waals surface area contributed by atoms with Crippen molar-refractivity contribution in [3.05, 3.63) is 45.5 Å². The number of hydrogen-bond acceptors (Lipinski definition) is 1. The molecule has 0 saturated heterocycles. The fraction of sp³-hybridized carbons (Fsp3) is 0.357. The number of amides is 1. The van der Waals surface area contributed by atoms with Crippen LogP contribution in [0.3, 0.4) is 0 Å². The predicted molar refractivity (Wildman–Crippen MR) is 82.5 cm³/mol. The third-order valence-corrected chi connectivity index (χ3v) is 3.76. The van der Waals surface area contributed by atoms with Gasteiger partial charge in [0.05, 0.1) is 15.6 Å². The van der Waals surface area contributed by atoms with E-state index in [0.29, 0.717) is 23.0 Å². The van der Waals surface area contributed by atoms with Crippen LogP contribution in [0.4, 0.5) is 0 Å². The maximum atomic E-state index is 11.9. The van der Waals surface area contributed by atoms with Crippen molar-refractivity contribution in [3.63, 3.8) is 0 Å². The Morgan fingerprint density at radius 1 is 1.32 bits per heavy atom. The van der Waals surface area contributed by atoms with Crippen LogP contribution in [-0.2, 0) is 0 Å². The first-order valence-corrected chi connectivity index (χ1v) is 7.31. The molecule has 0 atom stereocenters. The van der Waals surface area contributed by atoms with Crippen LogP contribution in [0.15, 0.2) is 29.8 Å². The normalized spacial score (nSPS) is 11.5. The largest absolute Gasteiger partial charge is 0.352 e. The zero-order valence-corrected chi connectivity index (χ0v) is 12.9. The molecule has 2 nitrogen and oxygen atoms in total. The second-order valence-corrected chi connectivity index (χ2v) is 5.16. The molecule has 1 rings (SSSR count). The molecule has 0 unspecified atom stereocenters. The molecule has 0 saturated carbocycles. The van der Waals surface area contributed by atoms with Gasteiger partial charge in [-0.15, -0.1) is 11.6 Å². The summed E-state index contributed by atoms with van der Waals surface area (Å²) >= 11 is 17.5. The minimum atomic E-state index is -0.214. The minimum Gasteiger partial charge on any atom is -0.352 e. The maximum absolute atomic E-state index is 11.9. The molecule has 0 aliphatic heterocycles.